The molecule has 0 saturated heterocycles. The molecule has 1 amide bonds. The van der Waals surface area contributed by atoms with E-state index >= 15 is 0 Å². The summed E-state index contributed by atoms with van der Waals surface area (Å²) in [5.74, 6) is 0.936. The maximum Gasteiger partial charge on any atom is 0.245 e. The third kappa shape index (κ3) is 3.47. The van der Waals surface area contributed by atoms with Crippen LogP contribution in [0.1, 0.15) is 11.1 Å². The fraction of sp³-hybridized carbons (Fsp3) is 0.208. The van der Waals surface area contributed by atoms with Gasteiger partial charge >= 0.3 is 0 Å². The Kier molecular flexibility index (Phi) is 5.19. The van der Waals surface area contributed by atoms with Crippen molar-refractivity contribution in [2.75, 3.05) is 25.1 Å². The maximum absolute atomic E-state index is 13.6. The molecule has 0 aromatic heterocycles. The first-order valence-corrected chi connectivity index (χ1v) is 11.1. The van der Waals surface area contributed by atoms with Crippen molar-refractivity contribution >= 4 is 40.6 Å². The summed E-state index contributed by atoms with van der Waals surface area (Å²) in [6.07, 6.45) is 0.911. The van der Waals surface area contributed by atoms with Gasteiger partial charge in [0.25, 0.3) is 0 Å². The molecular weight excluding hydrogens is 416 g/mol. The highest BCUT2D eigenvalue weighted by molar-refractivity contribution is 7.99. The molecule has 0 N–H and O–H groups in total. The van der Waals surface area contributed by atoms with Crippen LogP contribution in [0.4, 0.5) is 11.4 Å². The van der Waals surface area contributed by atoms with Gasteiger partial charge in [0, 0.05) is 33.5 Å². The number of ether oxygens (including phenoxy) is 1. The average Bonchev–Trinajstić information content (AvgIpc) is 2.77. The molecule has 0 aliphatic carbocycles. The number of fused-ring (bicyclic) bond motifs is 3. The first kappa shape index (κ1) is 19.5. The first-order valence-electron chi connectivity index (χ1n) is 9.90. The van der Waals surface area contributed by atoms with Gasteiger partial charge < -0.3 is 4.74 Å². The fourth-order valence-electron chi connectivity index (χ4n) is 4.19. The van der Waals surface area contributed by atoms with Crippen molar-refractivity contribution in [2.24, 2.45) is 0 Å². The Morgan fingerprint density at radius 3 is 2.77 bits per heavy atom. The number of carbonyl (C=O) groups is 1. The van der Waals surface area contributed by atoms with E-state index in [1.165, 1.54) is 11.1 Å². The highest BCUT2D eigenvalue weighted by Gasteiger charge is 2.30. The van der Waals surface area contributed by atoms with Crippen LogP contribution in [-0.4, -0.2) is 31.0 Å². The number of carbonyl (C=O) groups excluding carboxylic acids is 1. The van der Waals surface area contributed by atoms with Crippen molar-refractivity contribution in [3.8, 4) is 5.75 Å². The molecule has 0 spiro atoms. The number of para-hydroxylation sites is 1. The van der Waals surface area contributed by atoms with Crippen LogP contribution in [0, 0.1) is 0 Å². The van der Waals surface area contributed by atoms with E-state index in [1.54, 1.807) is 18.9 Å². The number of amides is 1. The van der Waals surface area contributed by atoms with Crippen LogP contribution in [0.15, 0.2) is 70.5 Å². The summed E-state index contributed by atoms with van der Waals surface area (Å²) in [7, 11) is 1.70. The second kappa shape index (κ2) is 7.99. The second-order valence-corrected chi connectivity index (χ2v) is 8.99. The molecule has 3 aromatic rings. The van der Waals surface area contributed by atoms with Crippen LogP contribution in [0.2, 0.25) is 5.02 Å². The summed E-state index contributed by atoms with van der Waals surface area (Å²) in [6, 6.07) is 19.9. The number of methoxy groups -OCH3 is 1. The summed E-state index contributed by atoms with van der Waals surface area (Å²) in [4.78, 5) is 19.7. The van der Waals surface area contributed by atoms with Crippen molar-refractivity contribution in [1.82, 2.24) is 4.90 Å². The quantitative estimate of drug-likeness (QED) is 0.540. The highest BCUT2D eigenvalue weighted by atomic mass is 35.5. The number of rotatable bonds is 3. The summed E-state index contributed by atoms with van der Waals surface area (Å²) in [5, 5.41) is 0.628. The molecule has 152 valence electrons. The Bertz CT molecular complexity index is 1120. The fourth-order valence-corrected chi connectivity index (χ4v) is 5.40. The molecule has 0 atom stereocenters. The standard InChI is InChI=1S/C24H21ClN2O2S/c1-29-21-7-4-5-16-11-12-26(14-18(16)21)15-24(28)27-19-6-2-3-8-22(19)30-23-10-9-17(25)13-20(23)27/h2-10,13H,11-12,14-15H2,1H3. The van der Waals surface area contributed by atoms with Gasteiger partial charge in [0.15, 0.2) is 0 Å². The van der Waals surface area contributed by atoms with Crippen LogP contribution >= 0.6 is 23.4 Å². The largest absolute Gasteiger partial charge is 0.496 e. The lowest BCUT2D eigenvalue weighted by Gasteiger charge is -2.34. The molecule has 2 aliphatic heterocycles. The van der Waals surface area contributed by atoms with E-state index in [2.05, 4.69) is 17.0 Å². The first-order chi connectivity index (χ1) is 14.6. The Balaban J connectivity index is 1.45. The Morgan fingerprint density at radius 2 is 1.90 bits per heavy atom. The van der Waals surface area contributed by atoms with E-state index in [0.29, 0.717) is 18.1 Å². The van der Waals surface area contributed by atoms with Gasteiger partial charge in [-0.3, -0.25) is 14.6 Å². The number of hydrogen-bond acceptors (Lipinski definition) is 4. The summed E-state index contributed by atoms with van der Waals surface area (Å²) >= 11 is 7.96. The molecule has 30 heavy (non-hydrogen) atoms. The van der Waals surface area contributed by atoms with Gasteiger partial charge in [0.1, 0.15) is 5.75 Å². The number of nitrogens with zero attached hydrogens (tertiary/aromatic N) is 2. The minimum absolute atomic E-state index is 0.0459. The minimum atomic E-state index is 0.0459. The number of anilines is 2. The second-order valence-electron chi connectivity index (χ2n) is 7.47. The average molecular weight is 437 g/mol. The van der Waals surface area contributed by atoms with Crippen molar-refractivity contribution in [1.29, 1.82) is 0 Å². The topological polar surface area (TPSA) is 32.8 Å². The zero-order valence-corrected chi connectivity index (χ0v) is 18.2. The summed E-state index contributed by atoms with van der Waals surface area (Å²) in [5.41, 5.74) is 4.25. The number of benzene rings is 3. The van der Waals surface area contributed by atoms with Gasteiger partial charge in [-0.2, -0.15) is 0 Å². The predicted octanol–water partition coefficient (Wildman–Crippen LogP) is 5.54. The van der Waals surface area contributed by atoms with Crippen molar-refractivity contribution < 1.29 is 9.53 Å². The highest BCUT2D eigenvalue weighted by Crippen LogP contribution is 2.48. The zero-order chi connectivity index (χ0) is 20.7. The van der Waals surface area contributed by atoms with E-state index in [1.807, 2.05) is 53.4 Å². The van der Waals surface area contributed by atoms with Crippen LogP contribution in [0.25, 0.3) is 0 Å². The Labute approximate surface area is 185 Å². The summed E-state index contributed by atoms with van der Waals surface area (Å²) in [6.45, 7) is 1.89. The third-order valence-corrected chi connectivity index (χ3v) is 6.99. The Hall–Kier alpha value is -2.47. The van der Waals surface area contributed by atoms with Gasteiger partial charge in [-0.15, -0.1) is 0 Å². The molecule has 0 saturated carbocycles. The van der Waals surface area contributed by atoms with Crippen molar-refractivity contribution in [3.63, 3.8) is 0 Å². The van der Waals surface area contributed by atoms with Crippen LogP contribution in [0.3, 0.4) is 0 Å². The normalized spacial score (nSPS) is 15.2. The molecule has 2 aliphatic rings. The van der Waals surface area contributed by atoms with E-state index in [4.69, 9.17) is 16.3 Å². The van der Waals surface area contributed by atoms with Gasteiger partial charge in [0.05, 0.1) is 25.0 Å². The van der Waals surface area contributed by atoms with E-state index < -0.39 is 0 Å². The molecule has 0 radical (unpaired) electrons. The van der Waals surface area contributed by atoms with Crippen LogP contribution < -0.4 is 9.64 Å². The SMILES string of the molecule is COc1cccc2c1CN(CC(=O)N1c3ccccc3Sc3ccc(Cl)cc31)CC2. The zero-order valence-electron chi connectivity index (χ0n) is 16.6. The molecular formula is C24H21ClN2O2S. The molecule has 6 heteroatoms. The van der Waals surface area contributed by atoms with Crippen LogP contribution in [0.5, 0.6) is 5.75 Å². The van der Waals surface area contributed by atoms with Gasteiger partial charge in [-0.25, -0.2) is 0 Å². The molecule has 2 heterocycles. The molecule has 3 aromatic carbocycles. The van der Waals surface area contributed by atoms with Gasteiger partial charge in [-0.05, 0) is 48.4 Å². The smallest absolute Gasteiger partial charge is 0.245 e. The van der Waals surface area contributed by atoms with Crippen molar-refractivity contribution in [3.05, 3.63) is 76.8 Å². The number of hydrogen-bond donors (Lipinski definition) is 0. The minimum Gasteiger partial charge on any atom is -0.496 e. The lowest BCUT2D eigenvalue weighted by Crippen LogP contribution is -2.41. The van der Waals surface area contributed by atoms with E-state index in [-0.39, 0.29) is 5.91 Å². The molecule has 0 unspecified atom stereocenters. The lowest BCUT2D eigenvalue weighted by atomic mass is 9.99. The molecule has 0 fully saturated rings. The maximum atomic E-state index is 13.6. The number of halogens is 1. The lowest BCUT2D eigenvalue weighted by molar-refractivity contribution is -0.119. The van der Waals surface area contributed by atoms with Gasteiger partial charge in [0.2, 0.25) is 5.91 Å². The third-order valence-electron chi connectivity index (χ3n) is 5.63. The van der Waals surface area contributed by atoms with Crippen LogP contribution in [-0.2, 0) is 17.8 Å². The molecule has 0 bridgehead atoms. The summed E-state index contributed by atoms with van der Waals surface area (Å²) < 4.78 is 5.55. The van der Waals surface area contributed by atoms with Gasteiger partial charge in [-0.1, -0.05) is 47.6 Å². The predicted molar refractivity (Wildman–Crippen MR) is 121 cm³/mol. The van der Waals surface area contributed by atoms with Crippen molar-refractivity contribution in [2.45, 2.75) is 22.8 Å². The molecule has 5 rings (SSSR count). The molecule has 4 nitrogen and oxygen atoms in total. The Morgan fingerprint density at radius 1 is 1.07 bits per heavy atom. The monoisotopic (exact) mass is 436 g/mol. The van der Waals surface area contributed by atoms with E-state index in [0.717, 1.165) is 39.9 Å². The van der Waals surface area contributed by atoms with E-state index in [9.17, 15) is 4.79 Å².